The monoisotopic (exact) mass is 206 g/mol. The Kier molecular flexibility index (Phi) is 3.70. The molecule has 3 nitrogen and oxygen atoms in total. The van der Waals surface area contributed by atoms with Crippen molar-refractivity contribution in [2.75, 3.05) is 25.6 Å². The highest BCUT2D eigenvalue weighted by Gasteiger charge is 2.10. The van der Waals surface area contributed by atoms with E-state index in [1.165, 1.54) is 7.11 Å². The Bertz CT molecular complexity index is 320. The number of ether oxygens (including phenoxy) is 1. The summed E-state index contributed by atoms with van der Waals surface area (Å²) in [6, 6.07) is 0.442. The Morgan fingerprint density at radius 3 is 2.71 bits per heavy atom. The zero-order valence-electron chi connectivity index (χ0n) is 7.48. The van der Waals surface area contributed by atoms with E-state index in [4.69, 9.17) is 0 Å². The molecule has 0 spiro atoms. The maximum absolute atomic E-state index is 12.9. The molecular formula is C8H9F3N2O. The normalized spacial score (nSPS) is 10.3. The highest BCUT2D eigenvalue weighted by molar-refractivity contribution is 5.35. The molecule has 1 aromatic heterocycles. The van der Waals surface area contributed by atoms with Gasteiger partial charge in [-0.05, 0) is 0 Å². The van der Waals surface area contributed by atoms with Crippen LogP contribution in [0, 0.1) is 17.6 Å². The van der Waals surface area contributed by atoms with E-state index in [0.717, 1.165) is 0 Å². The van der Waals surface area contributed by atoms with Gasteiger partial charge in [-0.2, -0.15) is 9.37 Å². The first-order valence-corrected chi connectivity index (χ1v) is 3.89. The number of aromatic nitrogens is 1. The molecule has 0 fully saturated rings. The maximum atomic E-state index is 12.9. The van der Waals surface area contributed by atoms with Crippen molar-refractivity contribution in [3.05, 3.63) is 23.6 Å². The topological polar surface area (TPSA) is 34.1 Å². The van der Waals surface area contributed by atoms with Crippen molar-refractivity contribution in [1.82, 2.24) is 4.98 Å². The quantitative estimate of drug-likeness (QED) is 0.599. The average molecular weight is 206 g/mol. The Balaban J connectivity index is 2.72. The number of rotatable bonds is 4. The van der Waals surface area contributed by atoms with E-state index in [2.05, 4.69) is 15.0 Å². The van der Waals surface area contributed by atoms with Crippen molar-refractivity contribution in [2.45, 2.75) is 0 Å². The standard InChI is InChI=1S/C8H9F3N2O/c1-14-3-2-12-8-6(10)4-5(9)7(11)13-8/h4H,2-3H2,1H3,(H,12,13). The largest absolute Gasteiger partial charge is 0.383 e. The molecule has 1 N–H and O–H groups in total. The Morgan fingerprint density at radius 1 is 1.36 bits per heavy atom. The van der Waals surface area contributed by atoms with Gasteiger partial charge in [-0.3, -0.25) is 0 Å². The van der Waals surface area contributed by atoms with Crippen LogP contribution in [0.4, 0.5) is 19.0 Å². The van der Waals surface area contributed by atoms with Crippen LogP contribution >= 0.6 is 0 Å². The van der Waals surface area contributed by atoms with Gasteiger partial charge in [-0.15, -0.1) is 0 Å². The van der Waals surface area contributed by atoms with Gasteiger partial charge in [0, 0.05) is 19.7 Å². The minimum Gasteiger partial charge on any atom is -0.383 e. The molecule has 0 saturated heterocycles. The first-order chi connectivity index (χ1) is 6.65. The molecule has 0 bridgehead atoms. The molecule has 0 amide bonds. The van der Waals surface area contributed by atoms with Gasteiger partial charge in [0.25, 0.3) is 5.95 Å². The van der Waals surface area contributed by atoms with Gasteiger partial charge in [0.15, 0.2) is 17.5 Å². The molecule has 1 heterocycles. The lowest BCUT2D eigenvalue weighted by molar-refractivity contribution is 0.210. The molecule has 1 rings (SSSR count). The molecule has 6 heteroatoms. The molecule has 0 aliphatic heterocycles. The van der Waals surface area contributed by atoms with E-state index < -0.39 is 17.6 Å². The molecule has 0 aromatic carbocycles. The summed E-state index contributed by atoms with van der Waals surface area (Å²) in [6.07, 6.45) is 0. The first kappa shape index (κ1) is 10.8. The van der Waals surface area contributed by atoms with E-state index in [0.29, 0.717) is 12.7 Å². The minimum atomic E-state index is -1.33. The van der Waals surface area contributed by atoms with Gasteiger partial charge >= 0.3 is 0 Å². The molecule has 0 saturated carbocycles. The third-order valence-corrected chi connectivity index (χ3v) is 1.49. The third kappa shape index (κ3) is 2.59. The van der Waals surface area contributed by atoms with E-state index in [1.807, 2.05) is 0 Å². The molecule has 0 unspecified atom stereocenters. The van der Waals surface area contributed by atoms with Crippen molar-refractivity contribution in [2.24, 2.45) is 0 Å². The molecular weight excluding hydrogens is 197 g/mol. The molecule has 1 aromatic rings. The number of hydrogen-bond donors (Lipinski definition) is 1. The second-order valence-corrected chi connectivity index (χ2v) is 2.51. The molecule has 0 aliphatic carbocycles. The van der Waals surface area contributed by atoms with Crippen LogP contribution in [-0.4, -0.2) is 25.2 Å². The van der Waals surface area contributed by atoms with Crippen LogP contribution in [0.3, 0.4) is 0 Å². The first-order valence-electron chi connectivity index (χ1n) is 3.89. The van der Waals surface area contributed by atoms with E-state index >= 15 is 0 Å². The average Bonchev–Trinajstić information content (AvgIpc) is 2.14. The summed E-state index contributed by atoms with van der Waals surface area (Å²) in [7, 11) is 1.47. The van der Waals surface area contributed by atoms with Crippen LogP contribution in [0.2, 0.25) is 0 Å². The highest BCUT2D eigenvalue weighted by Crippen LogP contribution is 2.13. The predicted octanol–water partition coefficient (Wildman–Crippen LogP) is 1.56. The Morgan fingerprint density at radius 2 is 2.07 bits per heavy atom. The maximum Gasteiger partial charge on any atom is 0.251 e. The van der Waals surface area contributed by atoms with E-state index in [9.17, 15) is 13.2 Å². The van der Waals surface area contributed by atoms with E-state index in [1.54, 1.807) is 0 Å². The lowest BCUT2D eigenvalue weighted by Crippen LogP contribution is -2.11. The van der Waals surface area contributed by atoms with Crippen molar-refractivity contribution in [3.63, 3.8) is 0 Å². The lowest BCUT2D eigenvalue weighted by atomic mass is 10.4. The highest BCUT2D eigenvalue weighted by atomic mass is 19.2. The third-order valence-electron chi connectivity index (χ3n) is 1.49. The van der Waals surface area contributed by atoms with Crippen LogP contribution in [0.15, 0.2) is 6.07 Å². The Hall–Kier alpha value is -1.30. The van der Waals surface area contributed by atoms with Crippen LogP contribution in [0.1, 0.15) is 0 Å². The fraction of sp³-hybridized carbons (Fsp3) is 0.375. The molecule has 14 heavy (non-hydrogen) atoms. The number of methoxy groups -OCH3 is 1. The summed E-state index contributed by atoms with van der Waals surface area (Å²) in [6.45, 7) is 0.589. The van der Waals surface area contributed by atoms with Crippen LogP contribution < -0.4 is 5.32 Å². The lowest BCUT2D eigenvalue weighted by Gasteiger charge is -2.05. The summed E-state index contributed by atoms with van der Waals surface area (Å²) in [5.41, 5.74) is 0. The summed E-state index contributed by atoms with van der Waals surface area (Å²) < 4.78 is 42.5. The SMILES string of the molecule is COCCNc1nc(F)c(F)cc1F. The number of halogens is 3. The second-order valence-electron chi connectivity index (χ2n) is 2.51. The van der Waals surface area contributed by atoms with Gasteiger partial charge in [-0.25, -0.2) is 8.78 Å². The number of nitrogens with one attached hydrogen (secondary N) is 1. The summed E-state index contributed by atoms with van der Waals surface area (Å²) >= 11 is 0. The molecule has 0 radical (unpaired) electrons. The summed E-state index contributed by atoms with van der Waals surface area (Å²) in [5, 5.41) is 2.46. The van der Waals surface area contributed by atoms with Gasteiger partial charge in [0.2, 0.25) is 0 Å². The van der Waals surface area contributed by atoms with Crippen LogP contribution in [-0.2, 0) is 4.74 Å². The van der Waals surface area contributed by atoms with Gasteiger partial charge < -0.3 is 10.1 Å². The van der Waals surface area contributed by atoms with Crippen molar-refractivity contribution < 1.29 is 17.9 Å². The van der Waals surface area contributed by atoms with Crippen molar-refractivity contribution in [3.8, 4) is 0 Å². The number of hydrogen-bond acceptors (Lipinski definition) is 3. The van der Waals surface area contributed by atoms with Crippen molar-refractivity contribution >= 4 is 5.82 Å². The second kappa shape index (κ2) is 4.80. The van der Waals surface area contributed by atoms with Gasteiger partial charge in [-0.1, -0.05) is 0 Å². The van der Waals surface area contributed by atoms with Crippen molar-refractivity contribution in [1.29, 1.82) is 0 Å². The summed E-state index contributed by atoms with van der Waals surface area (Å²) in [5.74, 6) is -3.88. The zero-order valence-corrected chi connectivity index (χ0v) is 7.48. The van der Waals surface area contributed by atoms with Crippen LogP contribution in [0.5, 0.6) is 0 Å². The van der Waals surface area contributed by atoms with Gasteiger partial charge in [0.1, 0.15) is 0 Å². The van der Waals surface area contributed by atoms with E-state index in [-0.39, 0.29) is 12.4 Å². The number of anilines is 1. The molecule has 0 aliphatic rings. The number of pyridine rings is 1. The predicted molar refractivity (Wildman–Crippen MR) is 44.5 cm³/mol. The number of nitrogens with zero attached hydrogens (tertiary/aromatic N) is 1. The minimum absolute atomic E-state index is 0.269. The fourth-order valence-corrected chi connectivity index (χ4v) is 0.840. The smallest absolute Gasteiger partial charge is 0.251 e. The fourth-order valence-electron chi connectivity index (χ4n) is 0.840. The van der Waals surface area contributed by atoms with Crippen LogP contribution in [0.25, 0.3) is 0 Å². The van der Waals surface area contributed by atoms with Gasteiger partial charge in [0.05, 0.1) is 6.61 Å². The summed E-state index contributed by atoms with van der Waals surface area (Å²) in [4.78, 5) is 3.06. The molecule has 0 atom stereocenters. The molecule has 78 valence electrons. The zero-order chi connectivity index (χ0) is 10.6. The Labute approximate surface area is 78.9 Å².